The molecule has 170 valence electrons. The molecule has 11 heteroatoms. The van der Waals surface area contributed by atoms with Gasteiger partial charge in [-0.05, 0) is 42.0 Å². The summed E-state index contributed by atoms with van der Waals surface area (Å²) in [6.07, 6.45) is -2.88. The molecule has 0 aliphatic rings. The number of hydrogen-bond acceptors (Lipinski definition) is 4. The molecule has 0 radical (unpaired) electrons. The SMILES string of the molecule is O=C(Cn1c(SCc2cccc(C(F)(F)F)c2)nc2cccnc21)Nc1ccc(F)c(Cl)c1. The summed E-state index contributed by atoms with van der Waals surface area (Å²) in [5, 5.41) is 2.94. The van der Waals surface area contributed by atoms with Gasteiger partial charge in [-0.15, -0.1) is 0 Å². The molecule has 0 saturated carbocycles. The van der Waals surface area contributed by atoms with Crippen LogP contribution in [0.4, 0.5) is 23.2 Å². The van der Waals surface area contributed by atoms with Crippen molar-refractivity contribution in [3.8, 4) is 0 Å². The first-order chi connectivity index (χ1) is 15.7. The maximum Gasteiger partial charge on any atom is 0.416 e. The molecule has 0 bridgehead atoms. The molecular formula is C22H15ClF4N4OS. The normalized spacial score (nSPS) is 11.7. The zero-order valence-corrected chi connectivity index (χ0v) is 18.3. The second kappa shape index (κ2) is 9.40. The standard InChI is InChI=1S/C22H15ClF4N4OS/c23-16-10-15(6-7-17(16)24)29-19(32)11-31-20-18(5-2-8-28-20)30-21(31)33-12-13-3-1-4-14(9-13)22(25,26)27/h1-10H,11-12H2,(H,29,32). The summed E-state index contributed by atoms with van der Waals surface area (Å²) in [6, 6.07) is 12.3. The minimum Gasteiger partial charge on any atom is -0.324 e. The first-order valence-corrected chi connectivity index (χ1v) is 10.9. The summed E-state index contributed by atoms with van der Waals surface area (Å²) in [5.41, 5.74) is 1.06. The van der Waals surface area contributed by atoms with E-state index < -0.39 is 23.5 Å². The summed E-state index contributed by atoms with van der Waals surface area (Å²) >= 11 is 6.95. The summed E-state index contributed by atoms with van der Waals surface area (Å²) in [7, 11) is 0. The number of aromatic nitrogens is 3. The minimum atomic E-state index is -4.43. The van der Waals surface area contributed by atoms with Gasteiger partial charge in [-0.2, -0.15) is 13.2 Å². The molecule has 4 aromatic rings. The highest BCUT2D eigenvalue weighted by atomic mass is 35.5. The largest absolute Gasteiger partial charge is 0.416 e. The summed E-state index contributed by atoms with van der Waals surface area (Å²) in [6.45, 7) is -0.159. The van der Waals surface area contributed by atoms with Crippen molar-refractivity contribution in [1.29, 1.82) is 0 Å². The molecule has 2 heterocycles. The third-order valence-electron chi connectivity index (χ3n) is 4.60. The lowest BCUT2D eigenvalue weighted by Gasteiger charge is -2.11. The Hall–Kier alpha value is -3.11. The molecule has 33 heavy (non-hydrogen) atoms. The Labute approximate surface area is 194 Å². The third-order valence-corrected chi connectivity index (χ3v) is 5.93. The molecule has 5 nitrogen and oxygen atoms in total. The molecular weight excluding hydrogens is 480 g/mol. The zero-order valence-electron chi connectivity index (χ0n) is 16.7. The second-order valence-electron chi connectivity index (χ2n) is 6.99. The van der Waals surface area contributed by atoms with Crippen LogP contribution < -0.4 is 5.32 Å². The molecule has 0 fully saturated rings. The number of hydrogen-bond donors (Lipinski definition) is 1. The Balaban J connectivity index is 1.55. The Bertz CT molecular complexity index is 1330. The van der Waals surface area contributed by atoms with Crippen LogP contribution in [0, 0.1) is 5.82 Å². The number of halogens is 5. The number of carbonyl (C=O) groups excluding carboxylic acids is 1. The number of nitrogens with zero attached hydrogens (tertiary/aromatic N) is 3. The average molecular weight is 495 g/mol. The highest BCUT2D eigenvalue weighted by Gasteiger charge is 2.30. The first kappa shape index (κ1) is 23.1. The number of thioether (sulfide) groups is 1. The maximum absolute atomic E-state index is 13.4. The molecule has 2 aromatic heterocycles. The summed E-state index contributed by atoms with van der Waals surface area (Å²) in [5.74, 6) is -0.820. The van der Waals surface area contributed by atoms with E-state index in [1.165, 1.54) is 30.0 Å². The van der Waals surface area contributed by atoms with Crippen LogP contribution in [0.25, 0.3) is 11.2 Å². The minimum absolute atomic E-state index is 0.125. The fourth-order valence-corrected chi connectivity index (χ4v) is 4.22. The fourth-order valence-electron chi connectivity index (χ4n) is 3.09. The van der Waals surface area contributed by atoms with Gasteiger partial charge >= 0.3 is 6.18 Å². The van der Waals surface area contributed by atoms with Crippen LogP contribution in [0.2, 0.25) is 5.02 Å². The van der Waals surface area contributed by atoms with E-state index in [-0.39, 0.29) is 17.3 Å². The van der Waals surface area contributed by atoms with Crippen LogP contribution in [0.1, 0.15) is 11.1 Å². The van der Waals surface area contributed by atoms with Crippen LogP contribution in [-0.4, -0.2) is 20.4 Å². The highest BCUT2D eigenvalue weighted by Crippen LogP contribution is 2.32. The van der Waals surface area contributed by atoms with Gasteiger partial charge in [0.2, 0.25) is 5.91 Å². The monoisotopic (exact) mass is 494 g/mol. The van der Waals surface area contributed by atoms with Crippen molar-refractivity contribution in [3.05, 3.63) is 82.8 Å². The van der Waals surface area contributed by atoms with Gasteiger partial charge in [0.05, 0.1) is 10.6 Å². The zero-order chi connectivity index (χ0) is 23.6. The lowest BCUT2D eigenvalue weighted by atomic mass is 10.1. The third kappa shape index (κ3) is 5.45. The number of carbonyl (C=O) groups is 1. The number of pyridine rings is 1. The van der Waals surface area contributed by atoms with Crippen LogP contribution in [0.15, 0.2) is 66.0 Å². The van der Waals surface area contributed by atoms with Gasteiger partial charge in [-0.25, -0.2) is 14.4 Å². The Morgan fingerprint density at radius 2 is 1.94 bits per heavy atom. The van der Waals surface area contributed by atoms with Gasteiger partial charge in [0, 0.05) is 17.6 Å². The van der Waals surface area contributed by atoms with Crippen molar-refractivity contribution in [2.45, 2.75) is 23.6 Å². The van der Waals surface area contributed by atoms with E-state index in [0.29, 0.717) is 27.6 Å². The van der Waals surface area contributed by atoms with Gasteiger partial charge in [-0.1, -0.05) is 41.6 Å². The van der Waals surface area contributed by atoms with E-state index >= 15 is 0 Å². The van der Waals surface area contributed by atoms with Crippen molar-refractivity contribution in [2.75, 3.05) is 5.32 Å². The number of nitrogens with one attached hydrogen (secondary N) is 1. The van der Waals surface area contributed by atoms with Gasteiger partial charge in [0.15, 0.2) is 10.8 Å². The number of amides is 1. The van der Waals surface area contributed by atoms with Crippen LogP contribution in [0.5, 0.6) is 0 Å². The number of fused-ring (bicyclic) bond motifs is 1. The molecule has 1 N–H and O–H groups in total. The van der Waals surface area contributed by atoms with Gasteiger partial charge in [0.25, 0.3) is 0 Å². The van der Waals surface area contributed by atoms with E-state index in [0.717, 1.165) is 18.2 Å². The first-order valence-electron chi connectivity index (χ1n) is 9.56. The van der Waals surface area contributed by atoms with Crippen LogP contribution in [0.3, 0.4) is 0 Å². The lowest BCUT2D eigenvalue weighted by Crippen LogP contribution is -2.19. The highest BCUT2D eigenvalue weighted by molar-refractivity contribution is 7.98. The second-order valence-corrected chi connectivity index (χ2v) is 8.34. The number of benzene rings is 2. The molecule has 0 saturated heterocycles. The maximum atomic E-state index is 13.4. The Kier molecular flexibility index (Phi) is 6.57. The topological polar surface area (TPSA) is 59.8 Å². The average Bonchev–Trinajstić information content (AvgIpc) is 3.12. The molecule has 2 aromatic carbocycles. The summed E-state index contributed by atoms with van der Waals surface area (Å²) < 4.78 is 53.9. The molecule has 0 unspecified atom stereocenters. The summed E-state index contributed by atoms with van der Waals surface area (Å²) in [4.78, 5) is 21.4. The molecule has 4 rings (SSSR count). The van der Waals surface area contributed by atoms with Crippen molar-refractivity contribution in [3.63, 3.8) is 0 Å². The van der Waals surface area contributed by atoms with Crippen molar-refractivity contribution < 1.29 is 22.4 Å². The Morgan fingerprint density at radius 1 is 1.12 bits per heavy atom. The Morgan fingerprint density at radius 3 is 2.70 bits per heavy atom. The van der Waals surface area contributed by atoms with E-state index in [1.54, 1.807) is 29.0 Å². The smallest absolute Gasteiger partial charge is 0.324 e. The van der Waals surface area contributed by atoms with E-state index in [1.807, 2.05) is 0 Å². The van der Waals surface area contributed by atoms with Gasteiger partial charge in [-0.3, -0.25) is 9.36 Å². The predicted octanol–water partition coefficient (Wildman–Crippen LogP) is 6.17. The molecule has 0 aliphatic heterocycles. The van der Waals surface area contributed by atoms with Gasteiger partial charge in [0.1, 0.15) is 17.9 Å². The number of alkyl halides is 3. The molecule has 0 spiro atoms. The van der Waals surface area contributed by atoms with E-state index in [9.17, 15) is 22.4 Å². The van der Waals surface area contributed by atoms with Crippen LogP contribution in [-0.2, 0) is 23.3 Å². The quantitative estimate of drug-likeness (QED) is 0.257. The number of rotatable bonds is 6. The fraction of sp³-hybridized carbons (Fsp3) is 0.136. The molecule has 0 aliphatic carbocycles. The van der Waals surface area contributed by atoms with Crippen molar-refractivity contribution in [2.24, 2.45) is 0 Å². The van der Waals surface area contributed by atoms with E-state index in [2.05, 4.69) is 15.3 Å². The lowest BCUT2D eigenvalue weighted by molar-refractivity contribution is -0.137. The number of anilines is 1. The van der Waals surface area contributed by atoms with Crippen molar-refractivity contribution in [1.82, 2.24) is 14.5 Å². The predicted molar refractivity (Wildman–Crippen MR) is 119 cm³/mol. The van der Waals surface area contributed by atoms with Gasteiger partial charge < -0.3 is 5.32 Å². The number of imidazole rings is 1. The molecule has 0 atom stereocenters. The van der Waals surface area contributed by atoms with Crippen LogP contribution >= 0.6 is 23.4 Å². The molecule has 1 amide bonds. The van der Waals surface area contributed by atoms with Crippen molar-refractivity contribution >= 4 is 46.1 Å². The van der Waals surface area contributed by atoms with E-state index in [4.69, 9.17) is 11.6 Å².